The van der Waals surface area contributed by atoms with Crippen LogP contribution < -0.4 is 0 Å². The maximum Gasteiger partial charge on any atom is 0.368 e. The van der Waals surface area contributed by atoms with Crippen LogP contribution in [0, 0.1) is 0 Å². The Morgan fingerprint density at radius 2 is 1.52 bits per heavy atom. The number of carbonyl (C=O) groups excluding carboxylic acids is 1. The molecule has 0 aliphatic carbocycles. The normalized spacial score (nSPS) is 10.9. The zero-order valence-corrected chi connectivity index (χ0v) is 11.1. The lowest BCUT2D eigenvalue weighted by atomic mass is 10.1. The number of nitrogens with zero attached hydrogens (tertiary/aromatic N) is 2. The van der Waals surface area contributed by atoms with E-state index in [0.717, 1.165) is 10.8 Å². The van der Waals surface area contributed by atoms with E-state index in [0.29, 0.717) is 11.3 Å². The molecule has 0 atom stereocenters. The van der Waals surface area contributed by atoms with Gasteiger partial charge in [-0.1, -0.05) is 54.6 Å². The molecule has 0 fully saturated rings. The van der Waals surface area contributed by atoms with Crippen molar-refractivity contribution in [3.63, 3.8) is 0 Å². The molecule has 3 aromatic carbocycles. The summed E-state index contributed by atoms with van der Waals surface area (Å²) in [7, 11) is 0. The predicted molar refractivity (Wildman–Crippen MR) is 80.3 cm³/mol. The third-order valence-corrected chi connectivity index (χ3v) is 3.05. The quantitative estimate of drug-likeness (QED) is 0.514. The van der Waals surface area contributed by atoms with Gasteiger partial charge in [0.25, 0.3) is 0 Å². The van der Waals surface area contributed by atoms with E-state index in [1.165, 1.54) is 0 Å². The van der Waals surface area contributed by atoms with Gasteiger partial charge in [0.2, 0.25) is 0 Å². The van der Waals surface area contributed by atoms with E-state index in [9.17, 15) is 4.79 Å². The zero-order valence-electron chi connectivity index (χ0n) is 11.1. The van der Waals surface area contributed by atoms with E-state index in [-0.39, 0.29) is 0 Å². The van der Waals surface area contributed by atoms with Gasteiger partial charge in [0, 0.05) is 5.28 Å². The van der Waals surface area contributed by atoms with Crippen molar-refractivity contribution in [3.8, 4) is 0 Å². The summed E-state index contributed by atoms with van der Waals surface area (Å²) in [5, 5.41) is 9.15. The number of hydrogen-bond acceptors (Lipinski definition) is 4. The van der Waals surface area contributed by atoms with Gasteiger partial charge in [0.15, 0.2) is 0 Å². The first-order valence-corrected chi connectivity index (χ1v) is 6.50. The van der Waals surface area contributed by atoms with Crippen LogP contribution in [0.4, 0.5) is 5.69 Å². The highest BCUT2D eigenvalue weighted by Gasteiger charge is 2.11. The highest BCUT2D eigenvalue weighted by Crippen LogP contribution is 2.19. The highest BCUT2D eigenvalue weighted by molar-refractivity contribution is 6.04. The number of fused-ring (bicyclic) bond motifs is 1. The average molecular weight is 276 g/mol. The first-order chi connectivity index (χ1) is 10.3. The van der Waals surface area contributed by atoms with Crippen molar-refractivity contribution in [1.29, 1.82) is 0 Å². The second kappa shape index (κ2) is 5.96. The maximum absolute atomic E-state index is 12.1. The number of carbonyl (C=O) groups is 1. The van der Waals surface area contributed by atoms with E-state index >= 15 is 0 Å². The fourth-order valence-corrected chi connectivity index (χ4v) is 2.05. The van der Waals surface area contributed by atoms with Crippen LogP contribution >= 0.6 is 0 Å². The minimum Gasteiger partial charge on any atom is -0.294 e. The SMILES string of the molecule is O=C(ON=Nc1ccccc1)c1cccc2ccccc12. The van der Waals surface area contributed by atoms with Crippen LogP contribution in [0.2, 0.25) is 0 Å². The average Bonchev–Trinajstić information content (AvgIpc) is 2.55. The van der Waals surface area contributed by atoms with E-state index < -0.39 is 5.97 Å². The molecule has 21 heavy (non-hydrogen) atoms. The Labute approximate surface area is 121 Å². The van der Waals surface area contributed by atoms with Crippen LogP contribution in [0.5, 0.6) is 0 Å². The molecule has 0 bridgehead atoms. The summed E-state index contributed by atoms with van der Waals surface area (Å²) in [6, 6.07) is 22.2. The van der Waals surface area contributed by atoms with Crippen molar-refractivity contribution in [2.45, 2.75) is 0 Å². The Kier molecular flexibility index (Phi) is 3.69. The second-order valence-electron chi connectivity index (χ2n) is 4.42. The monoisotopic (exact) mass is 276 g/mol. The first-order valence-electron chi connectivity index (χ1n) is 6.50. The minimum atomic E-state index is -0.522. The lowest BCUT2D eigenvalue weighted by Gasteiger charge is -2.02. The van der Waals surface area contributed by atoms with Gasteiger partial charge in [-0.25, -0.2) is 4.79 Å². The smallest absolute Gasteiger partial charge is 0.294 e. The molecule has 0 aromatic heterocycles. The van der Waals surface area contributed by atoms with Gasteiger partial charge < -0.3 is 0 Å². The van der Waals surface area contributed by atoms with Gasteiger partial charge in [-0.3, -0.25) is 4.84 Å². The van der Waals surface area contributed by atoms with Gasteiger partial charge >= 0.3 is 5.97 Å². The van der Waals surface area contributed by atoms with Gasteiger partial charge in [-0.15, -0.1) is 5.11 Å². The third-order valence-electron chi connectivity index (χ3n) is 3.05. The molecule has 0 spiro atoms. The molecule has 0 amide bonds. The summed E-state index contributed by atoms with van der Waals surface area (Å²) in [4.78, 5) is 16.9. The molecule has 3 rings (SSSR count). The van der Waals surface area contributed by atoms with Crippen LogP contribution in [0.25, 0.3) is 10.8 Å². The lowest BCUT2D eigenvalue weighted by Crippen LogP contribution is -2.01. The molecule has 0 heterocycles. The van der Waals surface area contributed by atoms with E-state index in [4.69, 9.17) is 4.84 Å². The first kappa shape index (κ1) is 13.0. The molecular formula is C17H12N2O2. The van der Waals surface area contributed by atoms with E-state index in [1.807, 2.05) is 54.6 Å². The summed E-state index contributed by atoms with van der Waals surface area (Å²) in [5.41, 5.74) is 1.10. The predicted octanol–water partition coefficient (Wildman–Crippen LogP) is 4.70. The van der Waals surface area contributed by atoms with Crippen LogP contribution in [-0.2, 0) is 4.84 Å². The van der Waals surface area contributed by atoms with Crippen molar-refractivity contribution in [2.24, 2.45) is 10.4 Å². The Balaban J connectivity index is 1.80. The number of hydrogen-bond donors (Lipinski definition) is 0. The van der Waals surface area contributed by atoms with Crippen LogP contribution in [0.15, 0.2) is 83.2 Å². The van der Waals surface area contributed by atoms with Crippen molar-refractivity contribution < 1.29 is 9.63 Å². The molecule has 0 aliphatic rings. The molecule has 0 radical (unpaired) electrons. The van der Waals surface area contributed by atoms with Crippen LogP contribution in [0.1, 0.15) is 10.4 Å². The Bertz CT molecular complexity index is 793. The molecule has 0 unspecified atom stereocenters. The molecule has 0 saturated carbocycles. The van der Waals surface area contributed by atoms with Crippen molar-refractivity contribution in [3.05, 3.63) is 78.4 Å². The molecule has 0 N–H and O–H groups in total. The maximum atomic E-state index is 12.1. The van der Waals surface area contributed by atoms with Gasteiger partial charge in [0.1, 0.15) is 0 Å². The van der Waals surface area contributed by atoms with Crippen LogP contribution in [-0.4, -0.2) is 5.97 Å². The second-order valence-corrected chi connectivity index (χ2v) is 4.42. The lowest BCUT2D eigenvalue weighted by molar-refractivity contribution is 0.0485. The summed E-state index contributed by atoms with van der Waals surface area (Å²) in [6.45, 7) is 0. The molecule has 0 saturated heterocycles. The zero-order chi connectivity index (χ0) is 14.5. The molecular weight excluding hydrogens is 264 g/mol. The molecule has 4 nitrogen and oxygen atoms in total. The molecule has 4 heteroatoms. The molecule has 102 valence electrons. The molecule has 0 aliphatic heterocycles. The number of rotatable bonds is 3. The third kappa shape index (κ3) is 2.95. The fourth-order valence-electron chi connectivity index (χ4n) is 2.05. The number of benzene rings is 3. The Hall–Kier alpha value is -3.01. The standard InChI is InChI=1S/C17H12N2O2/c20-17(21-19-18-14-9-2-1-3-10-14)16-12-6-8-13-7-4-5-11-15(13)16/h1-12H. The topological polar surface area (TPSA) is 51.0 Å². The van der Waals surface area contributed by atoms with E-state index in [1.54, 1.807) is 18.2 Å². The Morgan fingerprint density at radius 1 is 0.810 bits per heavy atom. The highest BCUT2D eigenvalue weighted by atomic mass is 16.7. The minimum absolute atomic E-state index is 0.472. The van der Waals surface area contributed by atoms with Gasteiger partial charge in [-0.05, 0) is 29.0 Å². The van der Waals surface area contributed by atoms with Crippen molar-refractivity contribution >= 4 is 22.4 Å². The summed E-state index contributed by atoms with van der Waals surface area (Å²) in [6.07, 6.45) is 0. The van der Waals surface area contributed by atoms with Crippen molar-refractivity contribution in [1.82, 2.24) is 0 Å². The molecule has 3 aromatic rings. The summed E-state index contributed by atoms with van der Waals surface area (Å²) < 4.78 is 0. The summed E-state index contributed by atoms with van der Waals surface area (Å²) >= 11 is 0. The van der Waals surface area contributed by atoms with Crippen molar-refractivity contribution in [2.75, 3.05) is 0 Å². The van der Waals surface area contributed by atoms with Crippen LogP contribution in [0.3, 0.4) is 0 Å². The fraction of sp³-hybridized carbons (Fsp3) is 0. The van der Waals surface area contributed by atoms with Gasteiger partial charge in [-0.2, -0.15) is 0 Å². The summed E-state index contributed by atoms with van der Waals surface area (Å²) in [5.74, 6) is -0.522. The van der Waals surface area contributed by atoms with Gasteiger partial charge in [0.05, 0.1) is 11.3 Å². The largest absolute Gasteiger partial charge is 0.368 e. The van der Waals surface area contributed by atoms with E-state index in [2.05, 4.69) is 10.4 Å². The Morgan fingerprint density at radius 3 is 2.38 bits per heavy atom.